The Hall–Kier alpha value is -1.80. The topological polar surface area (TPSA) is 76.2 Å². The van der Waals surface area contributed by atoms with Crippen LogP contribution in [-0.4, -0.2) is 11.5 Å². The second-order valence-corrected chi connectivity index (χ2v) is 3.42. The quantitative estimate of drug-likeness (QED) is 0.599. The van der Waals surface area contributed by atoms with E-state index in [0.717, 1.165) is 12.5 Å². The number of nitro benzene ring substituents is 1. The van der Waals surface area contributed by atoms with E-state index in [9.17, 15) is 10.1 Å². The lowest BCUT2D eigenvalue weighted by atomic mass is 10.2. The summed E-state index contributed by atoms with van der Waals surface area (Å²) in [7, 11) is 0. The zero-order valence-electron chi connectivity index (χ0n) is 8.57. The van der Waals surface area contributed by atoms with Gasteiger partial charge < -0.3 is 4.74 Å². The third-order valence-corrected chi connectivity index (χ3v) is 2.14. The number of halogens is 1. The van der Waals surface area contributed by atoms with Crippen LogP contribution >= 0.6 is 11.6 Å². The Labute approximate surface area is 97.4 Å². The van der Waals surface area contributed by atoms with Gasteiger partial charge in [-0.3, -0.25) is 10.1 Å². The number of nitriles is 1. The van der Waals surface area contributed by atoms with Crippen molar-refractivity contribution in [3.05, 3.63) is 32.8 Å². The van der Waals surface area contributed by atoms with Crippen molar-refractivity contribution in [1.82, 2.24) is 0 Å². The lowest BCUT2D eigenvalue weighted by Gasteiger charge is -2.06. The molecular weight excluding hydrogens is 232 g/mol. The standard InChI is InChI=1S/C10H9ClN2O3/c1-2-3-16-10-5-8(11)7(6-12)4-9(10)13(14)15/h4-5H,2-3H2,1H3. The van der Waals surface area contributed by atoms with Crippen LogP contribution in [0.1, 0.15) is 18.9 Å². The van der Waals surface area contributed by atoms with Gasteiger partial charge >= 0.3 is 5.69 Å². The normalized spacial score (nSPS) is 9.56. The van der Waals surface area contributed by atoms with E-state index in [2.05, 4.69) is 0 Å². The Bertz CT molecular complexity index is 454. The van der Waals surface area contributed by atoms with Gasteiger partial charge in [0, 0.05) is 12.1 Å². The Morgan fingerprint density at radius 2 is 2.31 bits per heavy atom. The van der Waals surface area contributed by atoms with Crippen LogP contribution in [-0.2, 0) is 0 Å². The zero-order valence-corrected chi connectivity index (χ0v) is 9.32. The second kappa shape index (κ2) is 5.33. The van der Waals surface area contributed by atoms with Crippen LogP contribution in [0.5, 0.6) is 5.75 Å². The molecule has 0 aliphatic carbocycles. The fourth-order valence-electron chi connectivity index (χ4n) is 1.10. The Morgan fingerprint density at radius 3 is 2.81 bits per heavy atom. The number of hydrogen-bond donors (Lipinski definition) is 0. The van der Waals surface area contributed by atoms with Crippen LogP contribution in [0.2, 0.25) is 5.02 Å². The molecule has 0 radical (unpaired) electrons. The largest absolute Gasteiger partial charge is 0.487 e. The van der Waals surface area contributed by atoms with Crippen LogP contribution in [0.4, 0.5) is 5.69 Å². The summed E-state index contributed by atoms with van der Waals surface area (Å²) in [6, 6.07) is 4.20. The predicted molar refractivity (Wildman–Crippen MR) is 58.6 cm³/mol. The first-order chi connectivity index (χ1) is 7.60. The van der Waals surface area contributed by atoms with E-state index < -0.39 is 4.92 Å². The fraction of sp³-hybridized carbons (Fsp3) is 0.300. The molecule has 0 saturated heterocycles. The van der Waals surface area contributed by atoms with Crippen molar-refractivity contribution >= 4 is 17.3 Å². The number of rotatable bonds is 4. The Balaban J connectivity index is 3.20. The minimum atomic E-state index is -0.595. The van der Waals surface area contributed by atoms with Gasteiger partial charge in [0.05, 0.1) is 22.1 Å². The summed E-state index contributed by atoms with van der Waals surface area (Å²) in [6.45, 7) is 2.25. The van der Waals surface area contributed by atoms with E-state index in [4.69, 9.17) is 21.6 Å². The summed E-state index contributed by atoms with van der Waals surface area (Å²) in [5, 5.41) is 19.6. The van der Waals surface area contributed by atoms with E-state index in [1.165, 1.54) is 6.07 Å². The molecule has 5 nitrogen and oxygen atoms in total. The summed E-state index contributed by atoms with van der Waals surface area (Å²) in [5.74, 6) is 0.0934. The maximum absolute atomic E-state index is 10.7. The summed E-state index contributed by atoms with van der Waals surface area (Å²) >= 11 is 5.76. The van der Waals surface area contributed by atoms with Gasteiger partial charge in [-0.1, -0.05) is 18.5 Å². The van der Waals surface area contributed by atoms with Crippen molar-refractivity contribution in [2.45, 2.75) is 13.3 Å². The molecule has 0 unspecified atom stereocenters. The lowest BCUT2D eigenvalue weighted by Crippen LogP contribution is -2.00. The van der Waals surface area contributed by atoms with Crippen molar-refractivity contribution in [2.75, 3.05) is 6.61 Å². The molecule has 0 spiro atoms. The van der Waals surface area contributed by atoms with Crippen LogP contribution in [0.3, 0.4) is 0 Å². The van der Waals surface area contributed by atoms with Crippen molar-refractivity contribution in [3.8, 4) is 11.8 Å². The first-order valence-electron chi connectivity index (χ1n) is 4.61. The number of ether oxygens (including phenoxy) is 1. The van der Waals surface area contributed by atoms with Crippen molar-refractivity contribution in [3.63, 3.8) is 0 Å². The van der Waals surface area contributed by atoms with E-state index in [1.54, 1.807) is 6.07 Å². The van der Waals surface area contributed by atoms with Gasteiger partial charge in [0.15, 0.2) is 5.75 Å². The van der Waals surface area contributed by atoms with E-state index in [0.29, 0.717) is 6.61 Å². The maximum Gasteiger partial charge on any atom is 0.312 e. The summed E-state index contributed by atoms with van der Waals surface area (Å²) in [5.41, 5.74) is -0.174. The SMILES string of the molecule is CCCOc1cc(Cl)c(C#N)cc1[N+](=O)[O-]. The van der Waals surface area contributed by atoms with Gasteiger partial charge in [0.2, 0.25) is 0 Å². The van der Waals surface area contributed by atoms with Gasteiger partial charge in [-0.25, -0.2) is 0 Å². The van der Waals surface area contributed by atoms with Gasteiger partial charge in [-0.2, -0.15) is 5.26 Å². The molecule has 84 valence electrons. The highest BCUT2D eigenvalue weighted by atomic mass is 35.5. The van der Waals surface area contributed by atoms with E-state index in [-0.39, 0.29) is 22.0 Å². The molecule has 1 aromatic rings. The third kappa shape index (κ3) is 2.61. The first-order valence-corrected chi connectivity index (χ1v) is 4.98. The van der Waals surface area contributed by atoms with Gasteiger partial charge in [0.25, 0.3) is 0 Å². The minimum Gasteiger partial charge on any atom is -0.487 e. The molecule has 0 aliphatic rings. The summed E-state index contributed by atoms with van der Waals surface area (Å²) in [4.78, 5) is 10.1. The van der Waals surface area contributed by atoms with E-state index >= 15 is 0 Å². The zero-order chi connectivity index (χ0) is 12.1. The monoisotopic (exact) mass is 240 g/mol. The van der Waals surface area contributed by atoms with Crippen LogP contribution in [0, 0.1) is 21.4 Å². The maximum atomic E-state index is 10.7. The van der Waals surface area contributed by atoms with Crippen LogP contribution < -0.4 is 4.74 Å². The average Bonchev–Trinajstić information content (AvgIpc) is 2.25. The Morgan fingerprint density at radius 1 is 1.62 bits per heavy atom. The number of nitro groups is 1. The van der Waals surface area contributed by atoms with Crippen molar-refractivity contribution in [1.29, 1.82) is 5.26 Å². The smallest absolute Gasteiger partial charge is 0.312 e. The van der Waals surface area contributed by atoms with Gasteiger partial charge in [-0.05, 0) is 6.42 Å². The molecule has 0 bridgehead atoms. The highest BCUT2D eigenvalue weighted by Gasteiger charge is 2.18. The molecule has 0 heterocycles. The van der Waals surface area contributed by atoms with Crippen LogP contribution in [0.15, 0.2) is 12.1 Å². The lowest BCUT2D eigenvalue weighted by molar-refractivity contribution is -0.385. The third-order valence-electron chi connectivity index (χ3n) is 1.83. The molecule has 6 heteroatoms. The molecule has 0 amide bonds. The van der Waals surface area contributed by atoms with Crippen LogP contribution in [0.25, 0.3) is 0 Å². The van der Waals surface area contributed by atoms with Gasteiger partial charge in [-0.15, -0.1) is 0 Å². The Kier molecular flexibility index (Phi) is 4.09. The molecule has 0 N–H and O–H groups in total. The minimum absolute atomic E-state index is 0.0669. The van der Waals surface area contributed by atoms with Crippen molar-refractivity contribution in [2.24, 2.45) is 0 Å². The molecule has 0 fully saturated rings. The fourth-order valence-corrected chi connectivity index (χ4v) is 1.30. The average molecular weight is 241 g/mol. The predicted octanol–water partition coefficient (Wildman–Crippen LogP) is 2.91. The highest BCUT2D eigenvalue weighted by molar-refractivity contribution is 6.32. The highest BCUT2D eigenvalue weighted by Crippen LogP contribution is 2.32. The summed E-state index contributed by atoms with van der Waals surface area (Å²) < 4.78 is 5.19. The number of hydrogen-bond acceptors (Lipinski definition) is 4. The number of benzene rings is 1. The molecule has 1 rings (SSSR count). The summed E-state index contributed by atoms with van der Waals surface area (Å²) in [6.07, 6.45) is 0.731. The van der Waals surface area contributed by atoms with Gasteiger partial charge in [0.1, 0.15) is 6.07 Å². The van der Waals surface area contributed by atoms with E-state index in [1.807, 2.05) is 6.92 Å². The van der Waals surface area contributed by atoms with Crippen molar-refractivity contribution < 1.29 is 9.66 Å². The first kappa shape index (κ1) is 12.3. The molecule has 1 aromatic carbocycles. The molecule has 0 aromatic heterocycles. The molecule has 0 aliphatic heterocycles. The molecular formula is C10H9ClN2O3. The molecule has 16 heavy (non-hydrogen) atoms. The number of nitrogens with zero attached hydrogens (tertiary/aromatic N) is 2. The molecule has 0 saturated carbocycles. The molecule has 0 atom stereocenters. The second-order valence-electron chi connectivity index (χ2n) is 3.02.